The predicted octanol–water partition coefficient (Wildman–Crippen LogP) is 1.48. The quantitative estimate of drug-likeness (QED) is 0.836. The largest absolute Gasteiger partial charge is 0.341 e. The van der Waals surface area contributed by atoms with Gasteiger partial charge in [-0.25, -0.2) is 0 Å². The molecule has 0 radical (unpaired) electrons. The molecule has 19 heavy (non-hydrogen) atoms. The number of amides is 1. The van der Waals surface area contributed by atoms with Crippen LogP contribution in [0, 0.1) is 0 Å². The summed E-state index contributed by atoms with van der Waals surface area (Å²) in [5, 5.41) is 0. The molecule has 0 aromatic carbocycles. The van der Waals surface area contributed by atoms with E-state index in [9.17, 15) is 4.79 Å². The summed E-state index contributed by atoms with van der Waals surface area (Å²) in [5.74, 6) is 0.874. The monoisotopic (exact) mass is 279 g/mol. The minimum Gasteiger partial charge on any atom is -0.341 e. The van der Waals surface area contributed by atoms with Crippen LogP contribution in [0.4, 0.5) is 0 Å². The lowest BCUT2D eigenvalue weighted by atomic mass is 10.2. The van der Waals surface area contributed by atoms with E-state index < -0.39 is 0 Å². The molecule has 1 fully saturated rings. The average molecular weight is 279 g/mol. The molecule has 1 aliphatic rings. The van der Waals surface area contributed by atoms with Gasteiger partial charge < -0.3 is 4.90 Å². The Morgan fingerprint density at radius 2 is 2.26 bits per heavy atom. The van der Waals surface area contributed by atoms with Crippen molar-refractivity contribution in [1.82, 2.24) is 14.8 Å². The Morgan fingerprint density at radius 1 is 1.37 bits per heavy atom. The van der Waals surface area contributed by atoms with Crippen molar-refractivity contribution in [3.8, 4) is 0 Å². The second-order valence-corrected chi connectivity index (χ2v) is 5.67. The van der Waals surface area contributed by atoms with E-state index in [1.54, 1.807) is 18.0 Å². The van der Waals surface area contributed by atoms with Gasteiger partial charge in [0.05, 0.1) is 5.75 Å². The van der Waals surface area contributed by atoms with Gasteiger partial charge in [-0.05, 0) is 24.3 Å². The van der Waals surface area contributed by atoms with Crippen LogP contribution in [0.1, 0.15) is 12.0 Å². The lowest BCUT2D eigenvalue weighted by Crippen LogP contribution is -2.36. The average Bonchev–Trinajstić information content (AvgIpc) is 2.66. The highest BCUT2D eigenvalue weighted by Crippen LogP contribution is 2.09. The molecule has 1 aliphatic heterocycles. The van der Waals surface area contributed by atoms with Crippen LogP contribution in [0.5, 0.6) is 0 Å². The number of nitrogens with zero attached hydrogens (tertiary/aromatic N) is 3. The van der Waals surface area contributed by atoms with E-state index in [1.165, 1.54) is 5.56 Å². The van der Waals surface area contributed by atoms with Gasteiger partial charge in [-0.15, -0.1) is 0 Å². The summed E-state index contributed by atoms with van der Waals surface area (Å²) in [4.78, 5) is 20.4. The van der Waals surface area contributed by atoms with Gasteiger partial charge >= 0.3 is 0 Å². The van der Waals surface area contributed by atoms with Gasteiger partial charge in [0.25, 0.3) is 0 Å². The molecular formula is C14H21N3OS. The highest BCUT2D eigenvalue weighted by molar-refractivity contribution is 7.99. The van der Waals surface area contributed by atoms with Crippen molar-refractivity contribution in [2.75, 3.05) is 38.2 Å². The summed E-state index contributed by atoms with van der Waals surface area (Å²) in [5.41, 5.74) is 1.24. The van der Waals surface area contributed by atoms with Crippen LogP contribution in [0.3, 0.4) is 0 Å². The first-order chi connectivity index (χ1) is 9.29. The molecule has 0 bridgehead atoms. The summed E-state index contributed by atoms with van der Waals surface area (Å²) in [6, 6.07) is 4.08. The minimum absolute atomic E-state index is 0.274. The van der Waals surface area contributed by atoms with Crippen molar-refractivity contribution in [2.24, 2.45) is 0 Å². The number of carbonyl (C=O) groups is 1. The highest BCUT2D eigenvalue weighted by Gasteiger charge is 2.18. The summed E-state index contributed by atoms with van der Waals surface area (Å²) in [7, 11) is 0. The van der Waals surface area contributed by atoms with Crippen molar-refractivity contribution >= 4 is 17.7 Å². The number of hydrogen-bond donors (Lipinski definition) is 0. The maximum absolute atomic E-state index is 11.9. The molecule has 1 saturated heterocycles. The van der Waals surface area contributed by atoms with Crippen molar-refractivity contribution in [3.63, 3.8) is 0 Å². The lowest BCUT2D eigenvalue weighted by molar-refractivity contribution is -0.128. The number of rotatable bonds is 4. The molecular weight excluding hydrogens is 258 g/mol. The Hall–Kier alpha value is -1.07. The van der Waals surface area contributed by atoms with Crippen LogP contribution in [-0.4, -0.2) is 58.9 Å². The van der Waals surface area contributed by atoms with Crippen LogP contribution in [0.25, 0.3) is 0 Å². The van der Waals surface area contributed by atoms with Crippen LogP contribution < -0.4 is 0 Å². The third kappa shape index (κ3) is 4.51. The number of carbonyl (C=O) groups excluding carboxylic acids is 1. The van der Waals surface area contributed by atoms with E-state index in [0.29, 0.717) is 5.75 Å². The molecule has 0 unspecified atom stereocenters. The minimum atomic E-state index is 0.274. The number of hydrogen-bond acceptors (Lipinski definition) is 4. The van der Waals surface area contributed by atoms with Crippen LogP contribution in [0.15, 0.2) is 24.5 Å². The summed E-state index contributed by atoms with van der Waals surface area (Å²) in [6.45, 7) is 4.67. The zero-order valence-corrected chi connectivity index (χ0v) is 12.2. The van der Waals surface area contributed by atoms with Gasteiger partial charge in [-0.1, -0.05) is 6.07 Å². The van der Waals surface area contributed by atoms with Gasteiger partial charge in [0.15, 0.2) is 0 Å². The van der Waals surface area contributed by atoms with Crippen molar-refractivity contribution in [2.45, 2.75) is 13.0 Å². The first kappa shape index (κ1) is 14.3. The standard InChI is InChI=1S/C14H21N3OS/c1-19-12-14(18)17-7-3-6-16(8-9-17)11-13-4-2-5-15-10-13/h2,4-5,10H,3,6-9,11-12H2,1H3. The molecule has 1 amide bonds. The molecule has 1 aromatic heterocycles. The Kier molecular flexibility index (Phi) is 5.66. The van der Waals surface area contributed by atoms with Gasteiger partial charge in [-0.3, -0.25) is 14.7 Å². The first-order valence-electron chi connectivity index (χ1n) is 6.67. The third-order valence-corrected chi connectivity index (χ3v) is 3.87. The molecule has 0 aliphatic carbocycles. The van der Waals surface area contributed by atoms with E-state index >= 15 is 0 Å². The molecule has 2 heterocycles. The van der Waals surface area contributed by atoms with E-state index in [4.69, 9.17) is 0 Å². The molecule has 2 rings (SSSR count). The number of pyridine rings is 1. The zero-order valence-electron chi connectivity index (χ0n) is 11.4. The van der Waals surface area contributed by atoms with Crippen LogP contribution in [0.2, 0.25) is 0 Å². The maximum Gasteiger partial charge on any atom is 0.232 e. The molecule has 104 valence electrons. The summed E-state index contributed by atoms with van der Waals surface area (Å²) < 4.78 is 0. The summed E-state index contributed by atoms with van der Waals surface area (Å²) in [6.07, 6.45) is 6.75. The molecule has 1 aromatic rings. The van der Waals surface area contributed by atoms with Crippen molar-refractivity contribution in [3.05, 3.63) is 30.1 Å². The molecule has 4 nitrogen and oxygen atoms in total. The first-order valence-corrected chi connectivity index (χ1v) is 8.07. The topological polar surface area (TPSA) is 36.4 Å². The van der Waals surface area contributed by atoms with Gasteiger partial charge in [0, 0.05) is 45.1 Å². The van der Waals surface area contributed by atoms with E-state index in [0.717, 1.165) is 39.1 Å². The summed E-state index contributed by atoms with van der Waals surface area (Å²) >= 11 is 1.60. The number of aromatic nitrogens is 1. The zero-order chi connectivity index (χ0) is 13.5. The van der Waals surface area contributed by atoms with E-state index in [-0.39, 0.29) is 5.91 Å². The van der Waals surface area contributed by atoms with Crippen molar-refractivity contribution < 1.29 is 4.79 Å². The van der Waals surface area contributed by atoms with Gasteiger partial charge in [-0.2, -0.15) is 11.8 Å². The highest BCUT2D eigenvalue weighted by atomic mass is 32.2. The third-order valence-electron chi connectivity index (χ3n) is 3.34. The fourth-order valence-corrected chi connectivity index (χ4v) is 2.77. The van der Waals surface area contributed by atoms with Crippen molar-refractivity contribution in [1.29, 1.82) is 0 Å². The van der Waals surface area contributed by atoms with Gasteiger partial charge in [0.1, 0.15) is 0 Å². The fraction of sp³-hybridized carbons (Fsp3) is 0.571. The lowest BCUT2D eigenvalue weighted by Gasteiger charge is -2.21. The Balaban J connectivity index is 1.85. The van der Waals surface area contributed by atoms with E-state index in [2.05, 4.69) is 16.0 Å². The Labute approximate surface area is 119 Å². The second kappa shape index (κ2) is 7.50. The molecule has 0 atom stereocenters. The smallest absolute Gasteiger partial charge is 0.232 e. The number of thioether (sulfide) groups is 1. The Bertz CT molecular complexity index is 399. The predicted molar refractivity (Wildman–Crippen MR) is 79.1 cm³/mol. The van der Waals surface area contributed by atoms with E-state index in [1.807, 2.05) is 23.4 Å². The normalized spacial score (nSPS) is 17.2. The maximum atomic E-state index is 11.9. The van der Waals surface area contributed by atoms with Crippen LogP contribution in [-0.2, 0) is 11.3 Å². The van der Waals surface area contributed by atoms with Crippen LogP contribution >= 0.6 is 11.8 Å². The molecule has 0 spiro atoms. The second-order valence-electron chi connectivity index (χ2n) is 4.80. The van der Waals surface area contributed by atoms with Gasteiger partial charge in [0.2, 0.25) is 5.91 Å². The molecule has 5 heteroatoms. The Morgan fingerprint density at radius 3 is 3.00 bits per heavy atom. The molecule has 0 saturated carbocycles. The SMILES string of the molecule is CSCC(=O)N1CCCN(Cc2cccnc2)CC1. The fourth-order valence-electron chi connectivity index (χ4n) is 2.34. The molecule has 0 N–H and O–H groups in total.